The molecule has 0 fully saturated rings. The molecule has 0 nitrogen and oxygen atoms in total. The molecule has 58 heavy (non-hydrogen) atoms. The Hall–Kier alpha value is -6.33. The van der Waals surface area contributed by atoms with Gasteiger partial charge in [-0.1, -0.05) is 196 Å². The van der Waals surface area contributed by atoms with E-state index in [9.17, 15) is 0 Å². The van der Waals surface area contributed by atoms with Crippen molar-refractivity contribution in [3.63, 3.8) is 0 Å². The van der Waals surface area contributed by atoms with Crippen molar-refractivity contribution >= 4 is 80.0 Å². The van der Waals surface area contributed by atoms with Gasteiger partial charge in [0.15, 0.2) is 0 Å². The smallest absolute Gasteiger partial charge is 0.0623 e. The summed E-state index contributed by atoms with van der Waals surface area (Å²) in [5, 5.41) is 16.6. The fraction of sp³-hybridized carbons (Fsp3) is 0.0714. The summed E-state index contributed by atoms with van der Waals surface area (Å²) in [6, 6.07) is 69.6. The van der Waals surface area contributed by atoms with Gasteiger partial charge in [-0.15, -0.1) is 0 Å². The van der Waals surface area contributed by atoms with E-state index in [0.29, 0.717) is 0 Å². The molecule has 274 valence electrons. The standard InChI is InChI=1S/C56H42Si2/c1-57(2)51-31-11-9-21-41(51)47-29-15-27-45(55(47)57)39-23-13-25-43-49(39)34-50-40(46-28-16-30-48-42-22-10-12-32-52(42)58(3,4)56(46)48)24-14-26-44(50)54(43)53-37-19-7-5-17-35(37)33-36-18-6-8-20-38(36)53/h5-34H,1-4H3. The van der Waals surface area contributed by atoms with Gasteiger partial charge in [-0.25, -0.2) is 0 Å². The molecule has 10 aromatic carbocycles. The molecule has 0 saturated heterocycles. The zero-order valence-corrected chi connectivity index (χ0v) is 35.3. The Kier molecular flexibility index (Phi) is 7.04. The molecule has 0 saturated carbocycles. The second-order valence-electron chi connectivity index (χ2n) is 17.5. The fourth-order valence-corrected chi connectivity index (χ4v) is 18.2. The van der Waals surface area contributed by atoms with E-state index < -0.39 is 16.1 Å². The molecule has 0 bridgehead atoms. The third kappa shape index (κ3) is 4.50. The molecule has 2 aliphatic heterocycles. The highest BCUT2D eigenvalue weighted by atomic mass is 28.3. The normalized spacial score (nSPS) is 14.5. The average molecular weight is 771 g/mol. The van der Waals surface area contributed by atoms with Gasteiger partial charge < -0.3 is 0 Å². The highest BCUT2D eigenvalue weighted by molar-refractivity contribution is 7.05. The van der Waals surface area contributed by atoms with Gasteiger partial charge in [0, 0.05) is 0 Å². The predicted molar refractivity (Wildman–Crippen MR) is 257 cm³/mol. The molecule has 0 aromatic heterocycles. The van der Waals surface area contributed by atoms with Gasteiger partial charge in [0.2, 0.25) is 0 Å². The lowest BCUT2D eigenvalue weighted by Gasteiger charge is -2.25. The summed E-state index contributed by atoms with van der Waals surface area (Å²) in [6.45, 7) is 10.2. The molecule has 0 spiro atoms. The lowest BCUT2D eigenvalue weighted by molar-refractivity contribution is 1.66. The third-order valence-electron chi connectivity index (χ3n) is 13.8. The van der Waals surface area contributed by atoms with Crippen LogP contribution in [0.15, 0.2) is 182 Å². The molecular formula is C56H42Si2. The van der Waals surface area contributed by atoms with Gasteiger partial charge in [0.05, 0.1) is 0 Å². The maximum atomic E-state index is 2.57. The molecule has 2 aliphatic rings. The first-order valence-corrected chi connectivity index (χ1v) is 26.7. The second-order valence-corrected chi connectivity index (χ2v) is 26.1. The minimum absolute atomic E-state index is 1.27. The molecular weight excluding hydrogens is 729 g/mol. The number of fused-ring (bicyclic) bond motifs is 10. The first-order valence-electron chi connectivity index (χ1n) is 20.7. The summed E-state index contributed by atoms with van der Waals surface area (Å²) in [7, 11) is -4.04. The van der Waals surface area contributed by atoms with Gasteiger partial charge in [0.25, 0.3) is 0 Å². The number of benzene rings is 10. The van der Waals surface area contributed by atoms with Crippen LogP contribution in [0.2, 0.25) is 26.2 Å². The summed E-state index contributed by atoms with van der Waals surface area (Å²) in [5.41, 5.74) is 13.7. The Labute approximate surface area is 342 Å². The van der Waals surface area contributed by atoms with Crippen LogP contribution in [-0.2, 0) is 0 Å². The summed E-state index contributed by atoms with van der Waals surface area (Å²) < 4.78 is 0. The lowest BCUT2D eigenvalue weighted by atomic mass is 9.83. The molecule has 0 amide bonds. The molecule has 2 heteroatoms. The van der Waals surface area contributed by atoms with Crippen LogP contribution in [0.3, 0.4) is 0 Å². The van der Waals surface area contributed by atoms with Crippen LogP contribution in [0.25, 0.3) is 98.7 Å². The Morgan fingerprint density at radius 2 is 0.586 bits per heavy atom. The number of hydrogen-bond acceptors (Lipinski definition) is 0. The number of rotatable bonds is 3. The summed E-state index contributed by atoms with van der Waals surface area (Å²) in [5.74, 6) is 0. The van der Waals surface area contributed by atoms with Crippen LogP contribution >= 0.6 is 0 Å². The van der Waals surface area contributed by atoms with Gasteiger partial charge in [-0.05, 0) is 132 Å². The van der Waals surface area contributed by atoms with Crippen molar-refractivity contribution in [2.75, 3.05) is 0 Å². The second kappa shape index (κ2) is 12.1. The van der Waals surface area contributed by atoms with Gasteiger partial charge in [0.1, 0.15) is 16.1 Å². The SMILES string of the molecule is C[Si]1(C)c2ccccc2-c2cccc(-c3cccc4c(-c5c6ccccc6cc6ccccc56)c5cccc(-c6cccc7c6[Si](C)(C)c6ccccc6-7)c5cc34)c21. The molecule has 12 rings (SSSR count). The molecule has 0 atom stereocenters. The highest BCUT2D eigenvalue weighted by Crippen LogP contribution is 2.48. The van der Waals surface area contributed by atoms with Crippen LogP contribution in [0, 0.1) is 0 Å². The van der Waals surface area contributed by atoms with E-state index in [0.717, 1.165) is 0 Å². The van der Waals surface area contributed by atoms with Crippen LogP contribution < -0.4 is 20.7 Å². The first-order chi connectivity index (χ1) is 28.3. The minimum atomic E-state index is -2.02. The zero-order chi connectivity index (χ0) is 38.9. The van der Waals surface area contributed by atoms with Crippen molar-refractivity contribution in [2.45, 2.75) is 26.2 Å². The van der Waals surface area contributed by atoms with Crippen LogP contribution in [-0.4, -0.2) is 16.1 Å². The molecule has 0 radical (unpaired) electrons. The fourth-order valence-electron chi connectivity index (χ4n) is 11.3. The summed E-state index contributed by atoms with van der Waals surface area (Å²) in [6.07, 6.45) is 0. The number of hydrogen-bond donors (Lipinski definition) is 0. The quantitative estimate of drug-likeness (QED) is 0.124. The highest BCUT2D eigenvalue weighted by Gasteiger charge is 2.41. The van der Waals surface area contributed by atoms with Crippen molar-refractivity contribution < 1.29 is 0 Å². The summed E-state index contributed by atoms with van der Waals surface area (Å²) >= 11 is 0. The van der Waals surface area contributed by atoms with Crippen LogP contribution in [0.1, 0.15) is 0 Å². The average Bonchev–Trinajstić information content (AvgIpc) is 3.64. The Balaban J connectivity index is 1.25. The molecule has 0 unspecified atom stereocenters. The van der Waals surface area contributed by atoms with Gasteiger partial charge >= 0.3 is 0 Å². The van der Waals surface area contributed by atoms with Crippen molar-refractivity contribution in [1.82, 2.24) is 0 Å². The zero-order valence-electron chi connectivity index (χ0n) is 33.3. The van der Waals surface area contributed by atoms with E-state index >= 15 is 0 Å². The van der Waals surface area contributed by atoms with Gasteiger partial charge in [-0.3, -0.25) is 0 Å². The minimum Gasteiger partial charge on any atom is -0.0623 e. The topological polar surface area (TPSA) is 0 Å². The van der Waals surface area contributed by atoms with Crippen molar-refractivity contribution in [3.05, 3.63) is 182 Å². The van der Waals surface area contributed by atoms with E-state index in [1.807, 2.05) is 0 Å². The Bertz CT molecular complexity index is 3180. The van der Waals surface area contributed by atoms with Crippen molar-refractivity contribution in [1.29, 1.82) is 0 Å². The monoisotopic (exact) mass is 770 g/mol. The van der Waals surface area contributed by atoms with Crippen LogP contribution in [0.5, 0.6) is 0 Å². The molecule has 0 aliphatic carbocycles. The van der Waals surface area contributed by atoms with E-state index in [1.165, 1.54) is 98.7 Å². The van der Waals surface area contributed by atoms with Crippen molar-refractivity contribution in [3.8, 4) is 55.6 Å². The summed E-state index contributed by atoms with van der Waals surface area (Å²) in [4.78, 5) is 0. The Morgan fingerprint density at radius 3 is 1.07 bits per heavy atom. The lowest BCUT2D eigenvalue weighted by Crippen LogP contribution is -2.50. The van der Waals surface area contributed by atoms with E-state index in [-0.39, 0.29) is 0 Å². The molecule has 0 N–H and O–H groups in total. The van der Waals surface area contributed by atoms with Crippen molar-refractivity contribution in [2.24, 2.45) is 0 Å². The largest absolute Gasteiger partial charge is 0.114 e. The molecule has 2 heterocycles. The van der Waals surface area contributed by atoms with Gasteiger partial charge in [-0.2, -0.15) is 0 Å². The van der Waals surface area contributed by atoms with Crippen LogP contribution in [0.4, 0.5) is 0 Å². The van der Waals surface area contributed by atoms with E-state index in [1.54, 1.807) is 20.7 Å². The van der Waals surface area contributed by atoms with E-state index in [2.05, 4.69) is 208 Å². The van der Waals surface area contributed by atoms with E-state index in [4.69, 9.17) is 0 Å². The Morgan fingerprint density at radius 1 is 0.259 bits per heavy atom. The maximum absolute atomic E-state index is 2.57. The predicted octanol–water partition coefficient (Wildman–Crippen LogP) is 12.9. The maximum Gasteiger partial charge on any atom is 0.114 e. The third-order valence-corrected chi connectivity index (χ3v) is 20.9. The molecule has 10 aromatic rings. The first kappa shape index (κ1) is 33.8.